The Labute approximate surface area is 183 Å². The van der Waals surface area contributed by atoms with E-state index in [0.717, 1.165) is 18.7 Å². The highest BCUT2D eigenvalue weighted by Gasteiger charge is 2.35. The molecule has 1 aliphatic carbocycles. The van der Waals surface area contributed by atoms with Crippen molar-refractivity contribution in [2.45, 2.75) is 44.9 Å². The van der Waals surface area contributed by atoms with E-state index in [0.29, 0.717) is 11.1 Å². The molecule has 5 nitrogen and oxygen atoms in total. The van der Waals surface area contributed by atoms with E-state index in [-0.39, 0.29) is 23.7 Å². The number of benzene rings is 2. The fourth-order valence-electron chi connectivity index (χ4n) is 4.74. The Morgan fingerprint density at radius 2 is 1.63 bits per heavy atom. The van der Waals surface area contributed by atoms with Gasteiger partial charge in [-0.2, -0.15) is 0 Å². The topological polar surface area (TPSA) is 73.1 Å². The molecule has 0 aromatic heterocycles. The zero-order valence-electron chi connectivity index (χ0n) is 17.1. The molecule has 0 amide bonds. The van der Waals surface area contributed by atoms with Gasteiger partial charge in [-0.15, -0.1) is 12.4 Å². The summed E-state index contributed by atoms with van der Waals surface area (Å²) in [5.74, 6) is -1.43. The maximum Gasteiger partial charge on any atom is 0.339 e. The van der Waals surface area contributed by atoms with Crippen LogP contribution in [0.5, 0.6) is 5.75 Å². The molecule has 0 bridgehead atoms. The molecule has 1 saturated heterocycles. The van der Waals surface area contributed by atoms with Crippen molar-refractivity contribution < 1.29 is 15.0 Å². The van der Waals surface area contributed by atoms with Gasteiger partial charge in [0.2, 0.25) is 0 Å². The highest BCUT2D eigenvalue weighted by atomic mass is 35.5. The average Bonchev–Trinajstić information content (AvgIpc) is 2.74. The molecule has 2 aromatic rings. The highest BCUT2D eigenvalue weighted by Crippen LogP contribution is 2.45. The second-order valence-electron chi connectivity index (χ2n) is 8.40. The van der Waals surface area contributed by atoms with Crippen molar-refractivity contribution in [3.63, 3.8) is 0 Å². The number of hydrogen-bond acceptors (Lipinski definition) is 4. The number of anilines is 1. The normalized spacial score (nSPS) is 18.3. The van der Waals surface area contributed by atoms with Crippen molar-refractivity contribution in [2.24, 2.45) is 10.4 Å². The van der Waals surface area contributed by atoms with Crippen LogP contribution in [0.4, 0.5) is 11.4 Å². The van der Waals surface area contributed by atoms with E-state index < -0.39 is 5.97 Å². The summed E-state index contributed by atoms with van der Waals surface area (Å²) in [4.78, 5) is 17.8. The molecular formula is C24H29ClN2O3. The van der Waals surface area contributed by atoms with Crippen LogP contribution in [0.25, 0.3) is 0 Å². The largest absolute Gasteiger partial charge is 0.507 e. The number of phenols is 1. The summed E-state index contributed by atoms with van der Waals surface area (Å²) in [5.41, 5.74) is 3.24. The number of piperidine rings is 1. The number of carboxylic acids is 1. The third kappa shape index (κ3) is 4.96. The second kappa shape index (κ2) is 9.52. The first-order valence-corrected chi connectivity index (χ1v) is 10.5. The molecule has 6 heteroatoms. The minimum Gasteiger partial charge on any atom is -0.507 e. The molecule has 2 N–H and O–H groups in total. The maximum atomic E-state index is 11.0. The Kier molecular flexibility index (Phi) is 7.03. The summed E-state index contributed by atoms with van der Waals surface area (Å²) in [6.07, 6.45) is 11.4. The molecule has 1 spiro atoms. The summed E-state index contributed by atoms with van der Waals surface area (Å²) >= 11 is 0. The highest BCUT2D eigenvalue weighted by molar-refractivity contribution is 5.91. The zero-order valence-corrected chi connectivity index (χ0v) is 17.9. The van der Waals surface area contributed by atoms with Gasteiger partial charge in [-0.3, -0.25) is 4.99 Å². The first-order chi connectivity index (χ1) is 14.0. The SMILES string of the molecule is Cl.O=C(O)c1ccc(N=Cc2ccc(N3CCC4(CCCCC4)CC3)cc2)cc1O. The van der Waals surface area contributed by atoms with Crippen LogP contribution < -0.4 is 4.90 Å². The molecule has 0 unspecified atom stereocenters. The van der Waals surface area contributed by atoms with E-state index in [4.69, 9.17) is 5.11 Å². The van der Waals surface area contributed by atoms with E-state index in [9.17, 15) is 9.90 Å². The van der Waals surface area contributed by atoms with Gasteiger partial charge in [-0.1, -0.05) is 31.4 Å². The van der Waals surface area contributed by atoms with Gasteiger partial charge >= 0.3 is 5.97 Å². The number of aromatic carboxylic acids is 1. The lowest BCUT2D eigenvalue weighted by Crippen LogP contribution is -2.41. The van der Waals surface area contributed by atoms with Gasteiger partial charge in [0, 0.05) is 31.1 Å². The lowest BCUT2D eigenvalue weighted by Gasteiger charge is -2.45. The van der Waals surface area contributed by atoms with Crippen molar-refractivity contribution in [1.29, 1.82) is 0 Å². The first-order valence-electron chi connectivity index (χ1n) is 10.5. The Morgan fingerprint density at radius 3 is 2.23 bits per heavy atom. The summed E-state index contributed by atoms with van der Waals surface area (Å²) in [7, 11) is 0. The molecule has 2 aromatic carbocycles. The van der Waals surface area contributed by atoms with Crippen LogP contribution in [0.3, 0.4) is 0 Å². The van der Waals surface area contributed by atoms with Crippen molar-refractivity contribution in [1.82, 2.24) is 0 Å². The molecule has 30 heavy (non-hydrogen) atoms. The fraction of sp³-hybridized carbons (Fsp3) is 0.417. The van der Waals surface area contributed by atoms with Gasteiger partial charge in [0.25, 0.3) is 0 Å². The van der Waals surface area contributed by atoms with Gasteiger partial charge in [-0.05, 0) is 60.9 Å². The standard InChI is InChI=1S/C24H28N2O3.ClH/c27-22-16-19(6-9-21(22)23(28)29)25-17-18-4-7-20(8-5-18)26-14-12-24(13-15-26)10-2-1-3-11-24;/h4-9,16-17,27H,1-3,10-15H2,(H,28,29);1H. The van der Waals surface area contributed by atoms with Crippen LogP contribution >= 0.6 is 12.4 Å². The number of halogens is 1. The second-order valence-corrected chi connectivity index (χ2v) is 8.40. The average molecular weight is 429 g/mol. The maximum absolute atomic E-state index is 11.0. The van der Waals surface area contributed by atoms with Crippen molar-refractivity contribution in [2.75, 3.05) is 18.0 Å². The predicted octanol–water partition coefficient (Wildman–Crippen LogP) is 5.81. The van der Waals surface area contributed by atoms with Crippen molar-refractivity contribution in [3.8, 4) is 5.75 Å². The van der Waals surface area contributed by atoms with Crippen LogP contribution in [0.2, 0.25) is 0 Å². The molecule has 4 rings (SSSR count). The predicted molar refractivity (Wildman–Crippen MR) is 123 cm³/mol. The summed E-state index contributed by atoms with van der Waals surface area (Å²) < 4.78 is 0. The Hall–Kier alpha value is -2.53. The van der Waals surface area contributed by atoms with Gasteiger partial charge in [-0.25, -0.2) is 4.79 Å². The lowest BCUT2D eigenvalue weighted by atomic mass is 9.68. The van der Waals surface area contributed by atoms with E-state index >= 15 is 0 Å². The molecule has 0 atom stereocenters. The van der Waals surface area contributed by atoms with Gasteiger partial charge in [0.1, 0.15) is 11.3 Å². The van der Waals surface area contributed by atoms with E-state index in [2.05, 4.69) is 34.2 Å². The Bertz CT molecular complexity index is 895. The van der Waals surface area contributed by atoms with Crippen LogP contribution in [0, 0.1) is 5.41 Å². The molecule has 0 radical (unpaired) electrons. The minimum absolute atomic E-state index is 0. The Morgan fingerprint density at radius 1 is 0.967 bits per heavy atom. The number of carboxylic acid groups (broad SMARTS) is 1. The van der Waals surface area contributed by atoms with Crippen LogP contribution in [0.1, 0.15) is 60.9 Å². The molecule has 1 aliphatic heterocycles. The summed E-state index contributed by atoms with van der Waals surface area (Å²) in [6, 6.07) is 12.7. The van der Waals surface area contributed by atoms with Crippen LogP contribution in [-0.4, -0.2) is 35.5 Å². The monoisotopic (exact) mass is 428 g/mol. The molecule has 1 saturated carbocycles. The smallest absolute Gasteiger partial charge is 0.339 e. The lowest BCUT2D eigenvalue weighted by molar-refractivity contribution is 0.0694. The molecular weight excluding hydrogens is 400 g/mol. The van der Waals surface area contributed by atoms with Crippen LogP contribution in [0.15, 0.2) is 47.5 Å². The fourth-order valence-corrected chi connectivity index (χ4v) is 4.74. The number of rotatable bonds is 4. The van der Waals surface area contributed by atoms with Crippen LogP contribution in [-0.2, 0) is 0 Å². The number of aromatic hydroxyl groups is 1. The van der Waals surface area contributed by atoms with Crippen molar-refractivity contribution in [3.05, 3.63) is 53.6 Å². The third-order valence-electron chi connectivity index (χ3n) is 6.57. The number of aliphatic imine (C=N–C) groups is 1. The number of hydrogen-bond donors (Lipinski definition) is 2. The van der Waals surface area contributed by atoms with E-state index in [1.54, 1.807) is 12.3 Å². The van der Waals surface area contributed by atoms with Gasteiger partial charge in [0.15, 0.2) is 0 Å². The van der Waals surface area contributed by atoms with Crippen molar-refractivity contribution >= 4 is 36.0 Å². The molecule has 1 heterocycles. The third-order valence-corrected chi connectivity index (χ3v) is 6.57. The quantitative estimate of drug-likeness (QED) is 0.602. The number of carbonyl (C=O) groups is 1. The molecule has 2 aliphatic rings. The van der Waals surface area contributed by atoms with E-state index in [1.165, 1.54) is 62.8 Å². The zero-order chi connectivity index (χ0) is 20.3. The first kappa shape index (κ1) is 22.2. The van der Waals surface area contributed by atoms with Gasteiger partial charge < -0.3 is 15.1 Å². The number of nitrogens with zero attached hydrogens (tertiary/aromatic N) is 2. The molecule has 2 fully saturated rings. The Balaban J connectivity index is 0.00000256. The minimum atomic E-state index is -1.15. The van der Waals surface area contributed by atoms with Gasteiger partial charge in [0.05, 0.1) is 5.69 Å². The summed E-state index contributed by atoms with van der Waals surface area (Å²) in [5, 5.41) is 18.7. The van der Waals surface area contributed by atoms with E-state index in [1.807, 2.05) is 0 Å². The molecule has 160 valence electrons. The summed E-state index contributed by atoms with van der Waals surface area (Å²) in [6.45, 7) is 2.28.